The maximum Gasteiger partial charge on any atom is 0.134 e. The van der Waals surface area contributed by atoms with Crippen molar-refractivity contribution in [3.05, 3.63) is 72.0 Å². The van der Waals surface area contributed by atoms with Crippen molar-refractivity contribution in [2.45, 2.75) is 19.3 Å². The van der Waals surface area contributed by atoms with Gasteiger partial charge in [-0.25, -0.2) is 0 Å². The summed E-state index contributed by atoms with van der Waals surface area (Å²) in [5.41, 5.74) is 6.04. The van der Waals surface area contributed by atoms with Gasteiger partial charge < -0.3 is 9.73 Å². The molecule has 104 valence electrons. The molecule has 0 fully saturated rings. The predicted octanol–water partition coefficient (Wildman–Crippen LogP) is 5.33. The zero-order valence-corrected chi connectivity index (χ0v) is 12.2. The van der Waals surface area contributed by atoms with E-state index in [1.54, 1.807) is 6.26 Å². The molecule has 2 heteroatoms. The fraction of sp³-hybridized carbons (Fsp3) is 0.158. The minimum absolute atomic E-state index is 0.0689. The third-order valence-electron chi connectivity index (χ3n) is 4.35. The van der Waals surface area contributed by atoms with Crippen molar-refractivity contribution >= 4 is 11.4 Å². The van der Waals surface area contributed by atoms with Crippen LogP contribution in [-0.4, -0.2) is 0 Å². The van der Waals surface area contributed by atoms with Crippen molar-refractivity contribution in [2.24, 2.45) is 0 Å². The lowest BCUT2D eigenvalue weighted by Crippen LogP contribution is -2.26. The lowest BCUT2D eigenvalue weighted by Gasteiger charge is -2.37. The van der Waals surface area contributed by atoms with E-state index in [0.29, 0.717) is 0 Å². The fourth-order valence-corrected chi connectivity index (χ4v) is 3.38. The average molecular weight is 275 g/mol. The lowest BCUT2D eigenvalue weighted by molar-refractivity contribution is 0.576. The van der Waals surface area contributed by atoms with E-state index >= 15 is 0 Å². The van der Waals surface area contributed by atoms with Gasteiger partial charge in [0.15, 0.2) is 0 Å². The molecule has 0 saturated carbocycles. The summed E-state index contributed by atoms with van der Waals surface area (Å²) in [6.45, 7) is 4.55. The summed E-state index contributed by atoms with van der Waals surface area (Å²) in [4.78, 5) is 0. The standard InChI is InChI=1S/C19H17NO/c1-19(2)14-8-3-4-9-15(14)20-16-10-5-7-13(18(16)19)17-11-6-12-21-17/h3-12,20H,1-2H3. The van der Waals surface area contributed by atoms with Gasteiger partial charge in [-0.15, -0.1) is 0 Å². The summed E-state index contributed by atoms with van der Waals surface area (Å²) in [7, 11) is 0. The van der Waals surface area contributed by atoms with Crippen LogP contribution >= 0.6 is 0 Å². The van der Waals surface area contributed by atoms with Crippen LogP contribution in [0.25, 0.3) is 11.3 Å². The number of anilines is 2. The summed E-state index contributed by atoms with van der Waals surface area (Å²) in [6.07, 6.45) is 1.73. The molecule has 4 rings (SSSR count). The topological polar surface area (TPSA) is 25.2 Å². The van der Waals surface area contributed by atoms with Gasteiger partial charge in [0.25, 0.3) is 0 Å². The molecule has 1 aliphatic rings. The zero-order chi connectivity index (χ0) is 14.4. The molecule has 2 nitrogen and oxygen atoms in total. The molecule has 0 unspecified atom stereocenters. The van der Waals surface area contributed by atoms with Crippen molar-refractivity contribution < 1.29 is 4.42 Å². The number of rotatable bonds is 1. The maximum atomic E-state index is 5.64. The van der Waals surface area contributed by atoms with E-state index in [2.05, 4.69) is 61.6 Å². The molecule has 0 amide bonds. The van der Waals surface area contributed by atoms with E-state index in [0.717, 1.165) is 17.0 Å². The Kier molecular flexibility index (Phi) is 2.49. The Morgan fingerprint density at radius 1 is 0.857 bits per heavy atom. The molecular weight excluding hydrogens is 258 g/mol. The quantitative estimate of drug-likeness (QED) is 0.649. The second kappa shape index (κ2) is 4.26. The summed E-state index contributed by atoms with van der Waals surface area (Å²) in [6, 6.07) is 18.8. The molecule has 1 aliphatic heterocycles. The SMILES string of the molecule is CC1(C)c2ccccc2Nc2cccc(-c3ccco3)c21. The van der Waals surface area contributed by atoms with Crippen molar-refractivity contribution in [2.75, 3.05) is 5.32 Å². The van der Waals surface area contributed by atoms with Gasteiger partial charge in [-0.05, 0) is 35.4 Å². The Hall–Kier alpha value is -2.48. The van der Waals surface area contributed by atoms with E-state index in [1.807, 2.05) is 12.1 Å². The smallest absolute Gasteiger partial charge is 0.134 e. The minimum atomic E-state index is -0.0689. The van der Waals surface area contributed by atoms with Crippen LogP contribution in [0, 0.1) is 0 Å². The van der Waals surface area contributed by atoms with Crippen LogP contribution in [0.5, 0.6) is 0 Å². The van der Waals surface area contributed by atoms with E-state index < -0.39 is 0 Å². The number of para-hydroxylation sites is 1. The highest BCUT2D eigenvalue weighted by molar-refractivity contribution is 5.82. The van der Waals surface area contributed by atoms with E-state index in [4.69, 9.17) is 4.42 Å². The molecule has 0 atom stereocenters. The number of hydrogen-bond acceptors (Lipinski definition) is 2. The first kappa shape index (κ1) is 12.3. The molecule has 2 heterocycles. The van der Waals surface area contributed by atoms with Gasteiger partial charge in [-0.1, -0.05) is 44.2 Å². The largest absolute Gasteiger partial charge is 0.464 e. The first-order chi connectivity index (χ1) is 10.2. The first-order valence-electron chi connectivity index (χ1n) is 7.22. The molecule has 0 aliphatic carbocycles. The third-order valence-corrected chi connectivity index (χ3v) is 4.35. The lowest BCUT2D eigenvalue weighted by atomic mass is 9.72. The number of nitrogens with one attached hydrogen (secondary N) is 1. The number of hydrogen-bond donors (Lipinski definition) is 1. The second-order valence-electron chi connectivity index (χ2n) is 6.00. The molecule has 0 spiro atoms. The molecule has 3 aromatic rings. The van der Waals surface area contributed by atoms with E-state index in [9.17, 15) is 0 Å². The van der Waals surface area contributed by atoms with Crippen LogP contribution in [0.2, 0.25) is 0 Å². The molecular formula is C19H17NO. The molecule has 0 saturated heterocycles. The van der Waals surface area contributed by atoms with Gasteiger partial charge in [0.05, 0.1) is 6.26 Å². The summed E-state index contributed by atoms with van der Waals surface area (Å²) in [5, 5.41) is 3.56. The number of benzene rings is 2. The molecule has 0 bridgehead atoms. The van der Waals surface area contributed by atoms with Crippen molar-refractivity contribution in [3.63, 3.8) is 0 Å². The number of furan rings is 1. The Balaban J connectivity index is 2.01. The van der Waals surface area contributed by atoms with Crippen LogP contribution in [0.3, 0.4) is 0 Å². The van der Waals surface area contributed by atoms with E-state index in [-0.39, 0.29) is 5.41 Å². The van der Waals surface area contributed by atoms with E-state index in [1.165, 1.54) is 16.8 Å². The van der Waals surface area contributed by atoms with Gasteiger partial charge in [-0.3, -0.25) is 0 Å². The Bertz CT molecular complexity index is 800. The number of fused-ring (bicyclic) bond motifs is 2. The second-order valence-corrected chi connectivity index (χ2v) is 6.00. The van der Waals surface area contributed by atoms with Crippen LogP contribution in [0.1, 0.15) is 25.0 Å². The Morgan fingerprint density at radius 2 is 1.67 bits per heavy atom. The highest BCUT2D eigenvalue weighted by atomic mass is 16.3. The van der Waals surface area contributed by atoms with Gasteiger partial charge in [-0.2, -0.15) is 0 Å². The monoisotopic (exact) mass is 275 g/mol. The third kappa shape index (κ3) is 1.72. The molecule has 21 heavy (non-hydrogen) atoms. The summed E-state index contributed by atoms with van der Waals surface area (Å²) < 4.78 is 5.64. The zero-order valence-electron chi connectivity index (χ0n) is 12.2. The van der Waals surface area contributed by atoms with Gasteiger partial charge in [0.1, 0.15) is 5.76 Å². The van der Waals surface area contributed by atoms with Gasteiger partial charge in [0.2, 0.25) is 0 Å². The first-order valence-corrected chi connectivity index (χ1v) is 7.22. The summed E-state index contributed by atoms with van der Waals surface area (Å²) >= 11 is 0. The normalized spacial score (nSPS) is 15.0. The maximum absolute atomic E-state index is 5.64. The van der Waals surface area contributed by atoms with Gasteiger partial charge >= 0.3 is 0 Å². The molecule has 2 aromatic carbocycles. The van der Waals surface area contributed by atoms with Crippen molar-refractivity contribution in [3.8, 4) is 11.3 Å². The van der Waals surface area contributed by atoms with Crippen LogP contribution in [0.4, 0.5) is 11.4 Å². The average Bonchev–Trinajstić information content (AvgIpc) is 3.01. The molecule has 0 radical (unpaired) electrons. The van der Waals surface area contributed by atoms with Crippen molar-refractivity contribution in [1.82, 2.24) is 0 Å². The highest BCUT2D eigenvalue weighted by Gasteiger charge is 2.34. The molecule has 1 N–H and O–H groups in total. The van der Waals surface area contributed by atoms with Gasteiger partial charge in [0, 0.05) is 22.4 Å². The van der Waals surface area contributed by atoms with Crippen LogP contribution < -0.4 is 5.32 Å². The molecule has 1 aromatic heterocycles. The van der Waals surface area contributed by atoms with Crippen LogP contribution in [-0.2, 0) is 5.41 Å². The fourth-order valence-electron chi connectivity index (χ4n) is 3.38. The van der Waals surface area contributed by atoms with Crippen LogP contribution in [0.15, 0.2) is 65.3 Å². The predicted molar refractivity (Wildman–Crippen MR) is 86.0 cm³/mol. The highest BCUT2D eigenvalue weighted by Crippen LogP contribution is 2.48. The summed E-state index contributed by atoms with van der Waals surface area (Å²) in [5.74, 6) is 0.918. The minimum Gasteiger partial charge on any atom is -0.464 e. The Morgan fingerprint density at radius 3 is 2.48 bits per heavy atom. The Labute approximate surface area is 124 Å². The van der Waals surface area contributed by atoms with Crippen molar-refractivity contribution in [1.29, 1.82) is 0 Å².